The molecule has 1 aromatic carbocycles. The summed E-state index contributed by atoms with van der Waals surface area (Å²) in [4.78, 5) is 36.9. The average molecular weight is 419 g/mol. The summed E-state index contributed by atoms with van der Waals surface area (Å²) in [7, 11) is 3.36. The first-order valence-corrected chi connectivity index (χ1v) is 10.2. The van der Waals surface area contributed by atoms with Gasteiger partial charge in [-0.25, -0.2) is 0 Å². The fraction of sp³-hybridized carbons (Fsp3) is 0.421. The number of thioether (sulfide) groups is 1. The van der Waals surface area contributed by atoms with Gasteiger partial charge in [0.15, 0.2) is 5.16 Å². The van der Waals surface area contributed by atoms with Gasteiger partial charge in [-0.05, 0) is 18.1 Å². The number of amides is 3. The topological polar surface area (TPSA) is 123 Å². The average Bonchev–Trinajstić information content (AvgIpc) is 3.04. The van der Waals surface area contributed by atoms with Gasteiger partial charge < -0.3 is 20.5 Å². The molecule has 0 saturated heterocycles. The molecule has 0 bridgehead atoms. The van der Waals surface area contributed by atoms with Crippen LogP contribution in [0.5, 0.6) is 0 Å². The molecular formula is C19H26N6O3S. The van der Waals surface area contributed by atoms with Gasteiger partial charge in [0, 0.05) is 32.6 Å². The molecule has 0 fully saturated rings. The van der Waals surface area contributed by atoms with Crippen LogP contribution in [0.4, 0.5) is 5.69 Å². The Kier molecular flexibility index (Phi) is 8.20. The number of nitrogens with zero attached hydrogens (tertiary/aromatic N) is 4. The van der Waals surface area contributed by atoms with Gasteiger partial charge in [0.05, 0.1) is 12.3 Å². The lowest BCUT2D eigenvalue weighted by molar-refractivity contribution is -0.131. The number of benzene rings is 1. The van der Waals surface area contributed by atoms with Gasteiger partial charge in [0.1, 0.15) is 5.82 Å². The Balaban J connectivity index is 1.84. The summed E-state index contributed by atoms with van der Waals surface area (Å²) >= 11 is 1.23. The van der Waals surface area contributed by atoms with E-state index in [1.54, 1.807) is 18.7 Å². The fourth-order valence-corrected chi connectivity index (χ4v) is 3.47. The Morgan fingerprint density at radius 2 is 1.97 bits per heavy atom. The van der Waals surface area contributed by atoms with Crippen LogP contribution in [-0.2, 0) is 34.3 Å². The molecule has 3 amide bonds. The molecule has 156 valence electrons. The van der Waals surface area contributed by atoms with Gasteiger partial charge in [-0.15, -0.1) is 10.2 Å². The molecule has 0 atom stereocenters. The Morgan fingerprint density at radius 1 is 1.24 bits per heavy atom. The van der Waals surface area contributed by atoms with Crippen LogP contribution in [0.15, 0.2) is 29.4 Å². The van der Waals surface area contributed by atoms with Gasteiger partial charge in [0.2, 0.25) is 17.7 Å². The van der Waals surface area contributed by atoms with Crippen molar-refractivity contribution in [3.63, 3.8) is 0 Å². The van der Waals surface area contributed by atoms with Crippen molar-refractivity contribution in [3.05, 3.63) is 35.7 Å². The maximum Gasteiger partial charge on any atom is 0.243 e. The highest BCUT2D eigenvalue weighted by Crippen LogP contribution is 2.17. The number of nitrogens with one attached hydrogen (secondary N) is 1. The molecule has 1 heterocycles. The number of aryl methyl sites for hydroxylation is 2. The van der Waals surface area contributed by atoms with Crippen LogP contribution in [0.3, 0.4) is 0 Å². The van der Waals surface area contributed by atoms with E-state index in [1.807, 2.05) is 31.2 Å². The highest BCUT2D eigenvalue weighted by Gasteiger charge is 2.17. The molecule has 0 aliphatic carbocycles. The molecule has 0 aliphatic heterocycles. The van der Waals surface area contributed by atoms with E-state index in [4.69, 9.17) is 5.73 Å². The van der Waals surface area contributed by atoms with Gasteiger partial charge in [-0.1, -0.05) is 36.9 Å². The lowest BCUT2D eigenvalue weighted by Gasteiger charge is -2.17. The van der Waals surface area contributed by atoms with Crippen LogP contribution in [0.2, 0.25) is 0 Å². The number of hydrogen-bond donors (Lipinski definition) is 2. The number of hydrogen-bond acceptors (Lipinski definition) is 6. The Morgan fingerprint density at radius 3 is 2.66 bits per heavy atom. The van der Waals surface area contributed by atoms with Crippen molar-refractivity contribution < 1.29 is 14.4 Å². The second-order valence-electron chi connectivity index (χ2n) is 6.52. The first-order chi connectivity index (χ1) is 13.8. The molecule has 10 heteroatoms. The number of rotatable bonds is 10. The minimum atomic E-state index is -0.404. The number of aromatic nitrogens is 3. The van der Waals surface area contributed by atoms with Crippen LogP contribution in [0.1, 0.15) is 24.7 Å². The first-order valence-electron chi connectivity index (χ1n) is 9.22. The molecule has 2 rings (SSSR count). The smallest absolute Gasteiger partial charge is 0.243 e. The SMILES string of the molecule is CCc1ccccc1NC(=O)CN(C)C(=O)CSc1nnc(CCC(N)=O)n1C. The van der Waals surface area contributed by atoms with E-state index >= 15 is 0 Å². The Hall–Kier alpha value is -2.88. The second-order valence-corrected chi connectivity index (χ2v) is 7.46. The number of anilines is 1. The van der Waals surface area contributed by atoms with Crippen molar-refractivity contribution in [2.45, 2.75) is 31.3 Å². The van der Waals surface area contributed by atoms with Crippen molar-refractivity contribution in [1.29, 1.82) is 0 Å². The van der Waals surface area contributed by atoms with Crippen LogP contribution >= 0.6 is 11.8 Å². The maximum atomic E-state index is 12.4. The minimum absolute atomic E-state index is 0.0415. The number of carbonyl (C=O) groups excluding carboxylic acids is 3. The van der Waals surface area contributed by atoms with Gasteiger partial charge >= 0.3 is 0 Å². The predicted octanol–water partition coefficient (Wildman–Crippen LogP) is 0.985. The maximum absolute atomic E-state index is 12.4. The van der Waals surface area contributed by atoms with Crippen molar-refractivity contribution in [2.75, 3.05) is 24.7 Å². The summed E-state index contributed by atoms with van der Waals surface area (Å²) in [5.41, 5.74) is 6.95. The molecule has 9 nitrogen and oxygen atoms in total. The van der Waals surface area contributed by atoms with E-state index < -0.39 is 5.91 Å². The van der Waals surface area contributed by atoms with Crippen molar-refractivity contribution in [1.82, 2.24) is 19.7 Å². The van der Waals surface area contributed by atoms with Crippen LogP contribution < -0.4 is 11.1 Å². The Bertz CT molecular complexity index is 883. The van der Waals surface area contributed by atoms with E-state index in [0.717, 1.165) is 17.7 Å². The molecule has 29 heavy (non-hydrogen) atoms. The van der Waals surface area contributed by atoms with Gasteiger partial charge in [0.25, 0.3) is 0 Å². The fourth-order valence-electron chi connectivity index (χ4n) is 2.60. The molecule has 2 aromatic rings. The zero-order valence-corrected chi connectivity index (χ0v) is 17.7. The predicted molar refractivity (Wildman–Crippen MR) is 111 cm³/mol. The Labute approximate surface area is 174 Å². The zero-order chi connectivity index (χ0) is 21.4. The van der Waals surface area contributed by atoms with Crippen molar-refractivity contribution >= 4 is 35.2 Å². The van der Waals surface area contributed by atoms with E-state index in [9.17, 15) is 14.4 Å². The quantitative estimate of drug-likeness (QED) is 0.555. The first kappa shape index (κ1) is 22.4. The number of para-hydroxylation sites is 1. The molecule has 1 aromatic heterocycles. The standard InChI is InChI=1S/C19H26N6O3S/c1-4-13-7-5-6-8-14(13)21-17(27)11-24(2)18(28)12-29-19-23-22-16(25(19)3)10-9-15(20)26/h5-8H,4,9-12H2,1-3H3,(H2,20,26)(H,21,27). The zero-order valence-electron chi connectivity index (χ0n) is 16.8. The molecule has 0 unspecified atom stereocenters. The van der Waals surface area contributed by atoms with Gasteiger partial charge in [-0.3, -0.25) is 14.4 Å². The number of likely N-dealkylation sites (N-methyl/N-ethyl adjacent to an activating group) is 1. The largest absolute Gasteiger partial charge is 0.370 e. The third kappa shape index (κ3) is 6.60. The second kappa shape index (κ2) is 10.6. The number of primary amides is 1. The van der Waals surface area contributed by atoms with E-state index in [1.165, 1.54) is 16.7 Å². The van der Waals surface area contributed by atoms with Crippen LogP contribution in [0.25, 0.3) is 0 Å². The highest BCUT2D eigenvalue weighted by atomic mass is 32.2. The summed E-state index contributed by atoms with van der Waals surface area (Å²) in [6.45, 7) is 1.98. The molecule has 3 N–H and O–H groups in total. The van der Waals surface area contributed by atoms with Crippen molar-refractivity contribution in [3.8, 4) is 0 Å². The molecule has 0 saturated carbocycles. The summed E-state index contributed by atoms with van der Waals surface area (Å²) in [5, 5.41) is 11.5. The van der Waals surface area contributed by atoms with Crippen LogP contribution in [-0.4, -0.2) is 56.7 Å². The van der Waals surface area contributed by atoms with E-state index in [0.29, 0.717) is 17.4 Å². The molecule has 0 aliphatic rings. The molecule has 0 radical (unpaired) electrons. The van der Waals surface area contributed by atoms with E-state index in [-0.39, 0.29) is 30.5 Å². The summed E-state index contributed by atoms with van der Waals surface area (Å²) in [5.74, 6) is -0.105. The summed E-state index contributed by atoms with van der Waals surface area (Å²) in [6.07, 6.45) is 1.39. The third-order valence-corrected chi connectivity index (χ3v) is 5.33. The van der Waals surface area contributed by atoms with Gasteiger partial charge in [-0.2, -0.15) is 0 Å². The number of nitrogens with two attached hydrogens (primary N) is 1. The normalized spacial score (nSPS) is 10.6. The third-order valence-electron chi connectivity index (χ3n) is 4.32. The van der Waals surface area contributed by atoms with E-state index in [2.05, 4.69) is 15.5 Å². The van der Waals surface area contributed by atoms with Crippen LogP contribution in [0, 0.1) is 0 Å². The summed E-state index contributed by atoms with van der Waals surface area (Å²) in [6, 6.07) is 7.59. The minimum Gasteiger partial charge on any atom is -0.370 e. The molecule has 0 spiro atoms. The lowest BCUT2D eigenvalue weighted by Crippen LogP contribution is -2.36. The lowest BCUT2D eigenvalue weighted by atomic mass is 10.1. The van der Waals surface area contributed by atoms with Crippen molar-refractivity contribution in [2.24, 2.45) is 12.8 Å². The number of carbonyl (C=O) groups is 3. The molecular weight excluding hydrogens is 392 g/mol. The highest BCUT2D eigenvalue weighted by molar-refractivity contribution is 7.99. The summed E-state index contributed by atoms with van der Waals surface area (Å²) < 4.78 is 1.73. The monoisotopic (exact) mass is 418 g/mol.